The monoisotopic (exact) mass is 474 g/mol. The molecule has 0 bridgehead atoms. The van der Waals surface area contributed by atoms with E-state index in [-0.39, 0.29) is 29.6 Å². The molecule has 0 aliphatic heterocycles. The molecule has 0 spiro atoms. The lowest BCUT2D eigenvalue weighted by atomic mass is 10.1. The second-order valence-electron chi connectivity index (χ2n) is 6.83. The number of halogens is 2. The summed E-state index contributed by atoms with van der Waals surface area (Å²) in [7, 11) is -2.48. The van der Waals surface area contributed by atoms with Crippen molar-refractivity contribution in [1.82, 2.24) is 9.62 Å². The summed E-state index contributed by atoms with van der Waals surface area (Å²) in [4.78, 5) is 12.2. The van der Waals surface area contributed by atoms with E-state index >= 15 is 0 Å². The third-order valence-electron chi connectivity index (χ3n) is 4.44. The van der Waals surface area contributed by atoms with Crippen LogP contribution in [0, 0.1) is 13.8 Å². The van der Waals surface area contributed by atoms with Gasteiger partial charge in [0.05, 0.1) is 16.5 Å². The molecule has 2 aromatic carbocycles. The minimum absolute atomic E-state index is 0.117. The van der Waals surface area contributed by atoms with Crippen molar-refractivity contribution in [1.29, 1.82) is 0 Å². The lowest BCUT2D eigenvalue weighted by Gasteiger charge is -2.18. The molecule has 0 saturated carbocycles. The lowest BCUT2D eigenvalue weighted by molar-refractivity contribution is -0.121. The Kier molecular flexibility index (Phi) is 8.52. The number of benzene rings is 2. The number of ether oxygens (including phenoxy) is 1. The van der Waals surface area contributed by atoms with E-state index in [1.807, 2.05) is 13.8 Å². The Balaban J connectivity index is 1.85. The van der Waals surface area contributed by atoms with Gasteiger partial charge in [0.1, 0.15) is 23.5 Å². The molecule has 1 atom stereocenters. The summed E-state index contributed by atoms with van der Waals surface area (Å²) in [5, 5.41) is 13.0. The quantitative estimate of drug-likeness (QED) is 0.582. The Morgan fingerprint density at radius 2 is 1.90 bits per heavy atom. The number of sulfonamides is 1. The molecule has 7 nitrogen and oxygen atoms in total. The number of carbonyl (C=O) groups is 1. The standard InChI is InChI=1S/C20H24Cl2N2O5S/c1-13-7-8-16(9-14(13)2)30(27,28)24(3)11-19(26)23-10-15(25)12-29-18-6-4-5-17(21)20(18)22/h4-9,15,25H,10-12H2,1-3H3,(H,23,26). The number of hydrogen-bond donors (Lipinski definition) is 2. The Hall–Kier alpha value is -1.84. The second kappa shape index (κ2) is 10.5. The van der Waals surface area contributed by atoms with Crippen LogP contribution in [-0.2, 0) is 14.8 Å². The molecule has 10 heteroatoms. The first-order chi connectivity index (χ1) is 14.0. The molecule has 164 valence electrons. The van der Waals surface area contributed by atoms with Crippen LogP contribution in [0.15, 0.2) is 41.3 Å². The highest BCUT2D eigenvalue weighted by molar-refractivity contribution is 7.89. The highest BCUT2D eigenvalue weighted by Gasteiger charge is 2.23. The average Bonchev–Trinajstić information content (AvgIpc) is 2.69. The summed E-state index contributed by atoms with van der Waals surface area (Å²) >= 11 is 11.9. The van der Waals surface area contributed by atoms with E-state index in [0.29, 0.717) is 10.8 Å². The van der Waals surface area contributed by atoms with Crippen molar-refractivity contribution >= 4 is 39.1 Å². The topological polar surface area (TPSA) is 95.9 Å². The first-order valence-electron chi connectivity index (χ1n) is 9.07. The zero-order valence-electron chi connectivity index (χ0n) is 16.9. The van der Waals surface area contributed by atoms with Gasteiger partial charge in [-0.3, -0.25) is 4.79 Å². The van der Waals surface area contributed by atoms with Gasteiger partial charge in [0.2, 0.25) is 15.9 Å². The van der Waals surface area contributed by atoms with Gasteiger partial charge in [0.25, 0.3) is 0 Å². The zero-order chi connectivity index (χ0) is 22.5. The van der Waals surface area contributed by atoms with Crippen LogP contribution in [0.1, 0.15) is 11.1 Å². The number of rotatable bonds is 9. The number of amides is 1. The molecule has 0 fully saturated rings. The van der Waals surface area contributed by atoms with E-state index in [0.717, 1.165) is 15.4 Å². The first kappa shape index (κ1) is 24.4. The van der Waals surface area contributed by atoms with Crippen LogP contribution in [0.2, 0.25) is 10.0 Å². The first-order valence-corrected chi connectivity index (χ1v) is 11.3. The van der Waals surface area contributed by atoms with E-state index < -0.39 is 22.0 Å². The Labute approximate surface area is 186 Å². The summed E-state index contributed by atoms with van der Waals surface area (Å²) in [6, 6.07) is 9.67. The lowest BCUT2D eigenvalue weighted by Crippen LogP contribution is -2.42. The van der Waals surface area contributed by atoms with Crippen molar-refractivity contribution in [3.63, 3.8) is 0 Å². The molecule has 0 heterocycles. The SMILES string of the molecule is Cc1ccc(S(=O)(=O)N(C)CC(=O)NCC(O)COc2cccc(Cl)c2Cl)cc1C. The van der Waals surface area contributed by atoms with Crippen LogP contribution in [0.25, 0.3) is 0 Å². The molecule has 0 saturated heterocycles. The minimum atomic E-state index is -3.81. The van der Waals surface area contributed by atoms with Gasteiger partial charge in [0.15, 0.2) is 0 Å². The van der Waals surface area contributed by atoms with Gasteiger partial charge in [-0.25, -0.2) is 8.42 Å². The fourth-order valence-corrected chi connectivity index (χ4v) is 4.03. The molecule has 0 radical (unpaired) electrons. The molecule has 30 heavy (non-hydrogen) atoms. The van der Waals surface area contributed by atoms with Crippen LogP contribution in [0.4, 0.5) is 0 Å². The number of aliphatic hydroxyl groups excluding tert-OH is 1. The largest absolute Gasteiger partial charge is 0.489 e. The van der Waals surface area contributed by atoms with Gasteiger partial charge >= 0.3 is 0 Å². The second-order valence-corrected chi connectivity index (χ2v) is 9.66. The molecule has 2 N–H and O–H groups in total. The van der Waals surface area contributed by atoms with E-state index in [1.165, 1.54) is 13.1 Å². The molecule has 1 unspecified atom stereocenters. The Morgan fingerprint density at radius 1 is 1.20 bits per heavy atom. The molecular formula is C20H24Cl2N2O5S. The van der Waals surface area contributed by atoms with Crippen molar-refractivity contribution in [2.75, 3.05) is 26.7 Å². The number of likely N-dealkylation sites (N-methyl/N-ethyl adjacent to an activating group) is 1. The smallest absolute Gasteiger partial charge is 0.243 e. The Morgan fingerprint density at radius 3 is 2.57 bits per heavy atom. The maximum absolute atomic E-state index is 12.6. The number of aryl methyl sites for hydroxylation is 2. The van der Waals surface area contributed by atoms with Crippen LogP contribution in [0.3, 0.4) is 0 Å². The molecule has 1 amide bonds. The van der Waals surface area contributed by atoms with Gasteiger partial charge in [-0.1, -0.05) is 35.3 Å². The van der Waals surface area contributed by atoms with Gasteiger partial charge in [-0.15, -0.1) is 0 Å². The molecule has 2 aromatic rings. The van der Waals surface area contributed by atoms with E-state index in [1.54, 1.807) is 30.3 Å². The number of carbonyl (C=O) groups excluding carboxylic acids is 1. The number of nitrogens with zero attached hydrogens (tertiary/aromatic N) is 1. The van der Waals surface area contributed by atoms with E-state index in [4.69, 9.17) is 27.9 Å². The number of aliphatic hydroxyl groups is 1. The van der Waals surface area contributed by atoms with E-state index in [9.17, 15) is 18.3 Å². The number of nitrogens with one attached hydrogen (secondary N) is 1. The summed E-state index contributed by atoms with van der Waals surface area (Å²) in [6.45, 7) is 3.08. The normalized spacial score (nSPS) is 12.6. The molecule has 0 aliphatic carbocycles. The summed E-state index contributed by atoms with van der Waals surface area (Å²) in [5.74, 6) is -0.237. The predicted molar refractivity (Wildman–Crippen MR) is 117 cm³/mol. The predicted octanol–water partition coefficient (Wildman–Crippen LogP) is 2.79. The van der Waals surface area contributed by atoms with Crippen molar-refractivity contribution in [3.8, 4) is 5.75 Å². The van der Waals surface area contributed by atoms with Crippen molar-refractivity contribution in [2.24, 2.45) is 0 Å². The van der Waals surface area contributed by atoms with Gasteiger partial charge < -0.3 is 15.2 Å². The van der Waals surface area contributed by atoms with Crippen LogP contribution in [0.5, 0.6) is 5.75 Å². The minimum Gasteiger partial charge on any atom is -0.489 e. The van der Waals surface area contributed by atoms with Crippen molar-refractivity contribution < 1.29 is 23.1 Å². The third-order valence-corrected chi connectivity index (χ3v) is 7.04. The van der Waals surface area contributed by atoms with Crippen LogP contribution < -0.4 is 10.1 Å². The molecular weight excluding hydrogens is 451 g/mol. The third kappa shape index (κ3) is 6.33. The maximum Gasteiger partial charge on any atom is 0.243 e. The highest BCUT2D eigenvalue weighted by Crippen LogP contribution is 2.31. The zero-order valence-corrected chi connectivity index (χ0v) is 19.2. The molecule has 0 aromatic heterocycles. The van der Waals surface area contributed by atoms with E-state index in [2.05, 4.69) is 5.32 Å². The highest BCUT2D eigenvalue weighted by atomic mass is 35.5. The van der Waals surface area contributed by atoms with Crippen molar-refractivity contribution in [2.45, 2.75) is 24.8 Å². The fourth-order valence-electron chi connectivity index (χ4n) is 2.47. The fraction of sp³-hybridized carbons (Fsp3) is 0.350. The maximum atomic E-state index is 12.6. The summed E-state index contributed by atoms with van der Waals surface area (Å²) in [6.07, 6.45) is -1.02. The van der Waals surface area contributed by atoms with Gasteiger partial charge in [-0.2, -0.15) is 4.31 Å². The van der Waals surface area contributed by atoms with Crippen molar-refractivity contribution in [3.05, 3.63) is 57.6 Å². The van der Waals surface area contributed by atoms with Gasteiger partial charge in [0, 0.05) is 13.6 Å². The molecule has 0 aliphatic rings. The Bertz CT molecular complexity index is 1010. The summed E-state index contributed by atoms with van der Waals surface area (Å²) in [5.41, 5.74) is 1.82. The number of hydrogen-bond acceptors (Lipinski definition) is 5. The summed E-state index contributed by atoms with van der Waals surface area (Å²) < 4.78 is 31.6. The van der Waals surface area contributed by atoms with Gasteiger partial charge in [-0.05, 0) is 49.2 Å². The average molecular weight is 475 g/mol. The van der Waals surface area contributed by atoms with Crippen LogP contribution >= 0.6 is 23.2 Å². The van der Waals surface area contributed by atoms with Crippen LogP contribution in [-0.4, -0.2) is 56.6 Å². The molecule has 2 rings (SSSR count).